The largest absolute Gasteiger partial charge is 0.260 e. The highest BCUT2D eigenvalue weighted by Gasteiger charge is 2.18. The molecular formula is C13H11N7S. The second kappa shape index (κ2) is 5.38. The Hall–Kier alpha value is -2.66. The molecule has 0 saturated carbocycles. The van der Waals surface area contributed by atoms with Crippen LogP contribution in [0.25, 0.3) is 5.69 Å². The minimum absolute atomic E-state index is 0.546. The van der Waals surface area contributed by atoms with Gasteiger partial charge in [0.05, 0.1) is 11.4 Å². The van der Waals surface area contributed by atoms with Crippen molar-refractivity contribution in [1.82, 2.24) is 30.0 Å². The van der Waals surface area contributed by atoms with Gasteiger partial charge < -0.3 is 0 Å². The number of benzene rings is 1. The number of nitriles is 1. The van der Waals surface area contributed by atoms with Gasteiger partial charge in [-0.1, -0.05) is 18.2 Å². The lowest BCUT2D eigenvalue weighted by atomic mass is 10.3. The lowest BCUT2D eigenvalue weighted by Gasteiger charge is -2.04. The molecule has 0 aliphatic heterocycles. The highest BCUT2D eigenvalue weighted by Crippen LogP contribution is 2.30. The summed E-state index contributed by atoms with van der Waals surface area (Å²) in [4.78, 5) is 0. The number of hydrogen-bond donors (Lipinski definition) is 0. The molecule has 0 atom stereocenters. The molecule has 8 heteroatoms. The van der Waals surface area contributed by atoms with Gasteiger partial charge in [0.25, 0.3) is 0 Å². The summed E-state index contributed by atoms with van der Waals surface area (Å²) >= 11 is 1.32. The number of para-hydroxylation sites is 1. The summed E-state index contributed by atoms with van der Waals surface area (Å²) in [5.41, 5.74) is 2.11. The van der Waals surface area contributed by atoms with E-state index in [9.17, 15) is 5.26 Å². The van der Waals surface area contributed by atoms with Crippen molar-refractivity contribution in [2.24, 2.45) is 7.05 Å². The highest BCUT2D eigenvalue weighted by molar-refractivity contribution is 7.99. The van der Waals surface area contributed by atoms with Crippen molar-refractivity contribution in [3.05, 3.63) is 41.6 Å². The first-order chi connectivity index (χ1) is 10.2. The third-order valence-electron chi connectivity index (χ3n) is 2.91. The zero-order valence-corrected chi connectivity index (χ0v) is 12.2. The molecule has 0 unspecified atom stereocenters. The zero-order chi connectivity index (χ0) is 14.8. The first-order valence-corrected chi connectivity index (χ1v) is 6.97. The Morgan fingerprint density at radius 2 is 2.00 bits per heavy atom. The lowest BCUT2D eigenvalue weighted by molar-refractivity contribution is 0.688. The fourth-order valence-electron chi connectivity index (χ4n) is 1.94. The van der Waals surface area contributed by atoms with E-state index < -0.39 is 0 Å². The molecular weight excluding hydrogens is 286 g/mol. The number of rotatable bonds is 3. The van der Waals surface area contributed by atoms with Gasteiger partial charge in [-0.2, -0.15) is 15.0 Å². The van der Waals surface area contributed by atoms with Crippen LogP contribution >= 0.6 is 11.8 Å². The lowest BCUT2D eigenvalue weighted by Crippen LogP contribution is -2.00. The summed E-state index contributed by atoms with van der Waals surface area (Å²) in [6, 6.07) is 11.8. The first kappa shape index (κ1) is 13.3. The van der Waals surface area contributed by atoms with E-state index >= 15 is 0 Å². The number of aryl methyl sites for hydroxylation is 2. The molecule has 0 aliphatic carbocycles. The molecule has 0 fully saturated rings. The van der Waals surface area contributed by atoms with Crippen LogP contribution in [0, 0.1) is 18.3 Å². The van der Waals surface area contributed by atoms with Crippen molar-refractivity contribution in [2.45, 2.75) is 17.1 Å². The number of nitrogens with zero attached hydrogens (tertiary/aromatic N) is 7. The quantitative estimate of drug-likeness (QED) is 0.732. The molecule has 21 heavy (non-hydrogen) atoms. The maximum absolute atomic E-state index is 9.25. The van der Waals surface area contributed by atoms with Crippen molar-refractivity contribution in [3.8, 4) is 11.8 Å². The fraction of sp³-hybridized carbons (Fsp3) is 0.154. The monoisotopic (exact) mass is 297 g/mol. The molecule has 0 radical (unpaired) electrons. The number of tetrazole rings is 1. The van der Waals surface area contributed by atoms with Gasteiger partial charge >= 0.3 is 0 Å². The molecule has 7 nitrogen and oxygen atoms in total. The van der Waals surface area contributed by atoms with E-state index in [0.29, 0.717) is 16.4 Å². The molecule has 3 rings (SSSR count). The van der Waals surface area contributed by atoms with Crippen LogP contribution in [0.2, 0.25) is 0 Å². The van der Waals surface area contributed by atoms with E-state index in [-0.39, 0.29) is 0 Å². The van der Waals surface area contributed by atoms with E-state index in [1.807, 2.05) is 37.3 Å². The average Bonchev–Trinajstić information content (AvgIpc) is 3.05. The zero-order valence-electron chi connectivity index (χ0n) is 11.4. The summed E-state index contributed by atoms with van der Waals surface area (Å²) in [5, 5.41) is 26.6. The Balaban J connectivity index is 2.02. The molecule has 3 aromatic rings. The summed E-state index contributed by atoms with van der Waals surface area (Å²) in [5.74, 6) is 0. The predicted octanol–water partition coefficient (Wildman–Crippen LogP) is 1.73. The summed E-state index contributed by atoms with van der Waals surface area (Å²) < 4.78 is 3.30. The maximum atomic E-state index is 9.25. The van der Waals surface area contributed by atoms with Crippen LogP contribution in [0.5, 0.6) is 0 Å². The summed E-state index contributed by atoms with van der Waals surface area (Å²) in [7, 11) is 1.80. The maximum Gasteiger partial charge on any atom is 0.220 e. The van der Waals surface area contributed by atoms with Gasteiger partial charge in [-0.3, -0.25) is 4.68 Å². The van der Waals surface area contributed by atoms with Crippen LogP contribution in [0.3, 0.4) is 0 Å². The summed E-state index contributed by atoms with van der Waals surface area (Å²) in [6.45, 7) is 1.81. The smallest absolute Gasteiger partial charge is 0.220 e. The van der Waals surface area contributed by atoms with Crippen molar-refractivity contribution >= 4 is 11.8 Å². The van der Waals surface area contributed by atoms with Gasteiger partial charge in [0.15, 0.2) is 0 Å². The normalized spacial score (nSPS) is 10.5. The van der Waals surface area contributed by atoms with Gasteiger partial charge in [0.1, 0.15) is 16.7 Å². The van der Waals surface area contributed by atoms with Crippen LogP contribution in [-0.4, -0.2) is 30.0 Å². The predicted molar refractivity (Wildman–Crippen MR) is 75.9 cm³/mol. The van der Waals surface area contributed by atoms with Crippen molar-refractivity contribution in [3.63, 3.8) is 0 Å². The van der Waals surface area contributed by atoms with Gasteiger partial charge in [-0.05, 0) is 41.2 Å². The topological polar surface area (TPSA) is 85.2 Å². The summed E-state index contributed by atoms with van der Waals surface area (Å²) in [6.07, 6.45) is 0. The third kappa shape index (κ3) is 2.39. The van der Waals surface area contributed by atoms with E-state index in [0.717, 1.165) is 10.7 Å². The first-order valence-electron chi connectivity index (χ1n) is 6.16. The van der Waals surface area contributed by atoms with E-state index in [1.165, 1.54) is 11.8 Å². The molecule has 0 aliphatic rings. The molecule has 0 bridgehead atoms. The van der Waals surface area contributed by atoms with E-state index in [1.54, 1.807) is 16.4 Å². The Morgan fingerprint density at radius 3 is 2.71 bits per heavy atom. The van der Waals surface area contributed by atoms with Crippen LogP contribution in [0.1, 0.15) is 11.3 Å². The van der Waals surface area contributed by atoms with Crippen LogP contribution < -0.4 is 0 Å². The highest BCUT2D eigenvalue weighted by atomic mass is 32.2. The van der Waals surface area contributed by atoms with Crippen LogP contribution in [0.15, 0.2) is 40.5 Å². The van der Waals surface area contributed by atoms with E-state index in [2.05, 4.69) is 26.7 Å². The Kier molecular flexibility index (Phi) is 3.41. The molecule has 0 spiro atoms. The van der Waals surface area contributed by atoms with Gasteiger partial charge in [0, 0.05) is 7.05 Å². The Bertz CT molecular complexity index is 813. The number of aromatic nitrogens is 6. The minimum atomic E-state index is 0.546. The van der Waals surface area contributed by atoms with Gasteiger partial charge in [-0.25, -0.2) is 0 Å². The molecule has 2 aromatic heterocycles. The molecule has 0 amide bonds. The van der Waals surface area contributed by atoms with Gasteiger partial charge in [0.2, 0.25) is 5.16 Å². The Morgan fingerprint density at radius 1 is 1.24 bits per heavy atom. The number of hydrogen-bond acceptors (Lipinski definition) is 6. The molecule has 1 aromatic carbocycles. The third-order valence-corrected chi connectivity index (χ3v) is 4.01. The Labute approximate surface area is 125 Å². The van der Waals surface area contributed by atoms with Crippen molar-refractivity contribution in [1.29, 1.82) is 5.26 Å². The average molecular weight is 297 g/mol. The molecule has 2 heterocycles. The molecule has 104 valence electrons. The fourth-order valence-corrected chi connectivity index (χ4v) is 2.89. The second-order valence-electron chi connectivity index (χ2n) is 4.31. The molecule has 0 saturated heterocycles. The van der Waals surface area contributed by atoms with Crippen LogP contribution in [0.4, 0.5) is 0 Å². The van der Waals surface area contributed by atoms with Crippen molar-refractivity contribution < 1.29 is 0 Å². The SMILES string of the molecule is Cc1nn(C)c(Sc2nnnn2-c2ccccc2)c1C#N. The van der Waals surface area contributed by atoms with Gasteiger partial charge in [-0.15, -0.1) is 5.10 Å². The van der Waals surface area contributed by atoms with Crippen molar-refractivity contribution in [2.75, 3.05) is 0 Å². The second-order valence-corrected chi connectivity index (χ2v) is 5.27. The standard InChI is InChI=1S/C13H11N7S/c1-9-11(8-14)12(19(2)16-9)21-13-15-17-18-20(13)10-6-4-3-5-7-10/h3-7H,1-2H3. The minimum Gasteiger partial charge on any atom is -0.260 e. The van der Waals surface area contributed by atoms with E-state index in [4.69, 9.17) is 0 Å². The molecule has 0 N–H and O–H groups in total. The van der Waals surface area contributed by atoms with Crippen LogP contribution in [-0.2, 0) is 7.05 Å².